The van der Waals surface area contributed by atoms with Gasteiger partial charge in [-0.15, -0.1) is 11.3 Å². The Bertz CT molecular complexity index is 1010. The highest BCUT2D eigenvalue weighted by Crippen LogP contribution is 2.23. The predicted molar refractivity (Wildman–Crippen MR) is 126 cm³/mol. The van der Waals surface area contributed by atoms with E-state index in [1.54, 1.807) is 6.20 Å². The second-order valence-electron chi connectivity index (χ2n) is 8.10. The first-order valence-corrected chi connectivity index (χ1v) is 11.8. The Kier molecular flexibility index (Phi) is 7.29. The number of aryl methyl sites for hydroxylation is 1. The van der Waals surface area contributed by atoms with Gasteiger partial charge in [0.15, 0.2) is 0 Å². The molecule has 2 heterocycles. The number of aromatic nitrogens is 1. The summed E-state index contributed by atoms with van der Waals surface area (Å²) in [4.78, 5) is 33.9. The van der Waals surface area contributed by atoms with Crippen LogP contribution in [0.1, 0.15) is 27.7 Å². The number of benzene rings is 2. The molecule has 0 radical (unpaired) electrons. The molecule has 1 saturated heterocycles. The van der Waals surface area contributed by atoms with E-state index in [0.29, 0.717) is 39.1 Å². The molecule has 0 saturated carbocycles. The molecule has 7 heteroatoms. The van der Waals surface area contributed by atoms with Crippen LogP contribution in [0.25, 0.3) is 0 Å². The van der Waals surface area contributed by atoms with Crippen LogP contribution in [0.3, 0.4) is 0 Å². The SMILES string of the molecule is Cc1ccc(CC(=O)N2CCN(CC(=O)NC(c3ccccc3)c3nccs3)CC2)cc1. The fourth-order valence-electron chi connectivity index (χ4n) is 3.87. The molecule has 0 bridgehead atoms. The van der Waals surface area contributed by atoms with Gasteiger partial charge in [0.25, 0.3) is 0 Å². The molecular formula is C25H28N4O2S. The van der Waals surface area contributed by atoms with Gasteiger partial charge in [-0.05, 0) is 18.1 Å². The van der Waals surface area contributed by atoms with E-state index in [-0.39, 0.29) is 17.9 Å². The quantitative estimate of drug-likeness (QED) is 0.603. The molecule has 0 spiro atoms. The third kappa shape index (κ3) is 5.81. The van der Waals surface area contributed by atoms with Crippen molar-refractivity contribution in [3.05, 3.63) is 87.9 Å². The van der Waals surface area contributed by atoms with Crippen molar-refractivity contribution in [2.45, 2.75) is 19.4 Å². The second-order valence-corrected chi connectivity index (χ2v) is 9.03. The lowest BCUT2D eigenvalue weighted by molar-refractivity contribution is -0.132. The number of hydrogen-bond acceptors (Lipinski definition) is 5. The van der Waals surface area contributed by atoms with E-state index < -0.39 is 0 Å². The van der Waals surface area contributed by atoms with Gasteiger partial charge in [0.2, 0.25) is 11.8 Å². The van der Waals surface area contributed by atoms with Crippen LogP contribution in [0.5, 0.6) is 0 Å². The first-order valence-electron chi connectivity index (χ1n) is 10.9. The Balaban J connectivity index is 1.28. The molecule has 1 fully saturated rings. The van der Waals surface area contributed by atoms with Gasteiger partial charge in [-0.2, -0.15) is 0 Å². The minimum absolute atomic E-state index is 0.0338. The second kappa shape index (κ2) is 10.5. The van der Waals surface area contributed by atoms with Crippen LogP contribution in [0.15, 0.2) is 66.2 Å². The number of hydrogen-bond donors (Lipinski definition) is 1. The molecule has 1 aliphatic heterocycles. The molecule has 1 unspecified atom stereocenters. The number of rotatable bonds is 7. The van der Waals surface area contributed by atoms with Crippen molar-refractivity contribution in [1.29, 1.82) is 0 Å². The molecule has 1 aliphatic rings. The van der Waals surface area contributed by atoms with Crippen molar-refractivity contribution in [2.75, 3.05) is 32.7 Å². The summed E-state index contributed by atoms with van der Waals surface area (Å²) in [5.41, 5.74) is 3.25. The molecule has 32 heavy (non-hydrogen) atoms. The summed E-state index contributed by atoms with van der Waals surface area (Å²) in [6.07, 6.45) is 2.18. The van der Waals surface area contributed by atoms with Crippen LogP contribution in [-0.2, 0) is 16.0 Å². The molecule has 4 rings (SSSR count). The maximum Gasteiger partial charge on any atom is 0.235 e. The predicted octanol–water partition coefficient (Wildman–Crippen LogP) is 3.04. The zero-order valence-electron chi connectivity index (χ0n) is 18.2. The van der Waals surface area contributed by atoms with Crippen LogP contribution in [0.4, 0.5) is 0 Å². The maximum atomic E-state index is 12.8. The van der Waals surface area contributed by atoms with Gasteiger partial charge >= 0.3 is 0 Å². The van der Waals surface area contributed by atoms with Gasteiger partial charge in [0.1, 0.15) is 11.0 Å². The van der Waals surface area contributed by atoms with Gasteiger partial charge in [0.05, 0.1) is 13.0 Å². The standard InChI is InChI=1S/C25H28N4O2S/c1-19-7-9-20(10-8-19)17-23(31)29-14-12-28(13-15-29)18-22(30)27-24(25-26-11-16-32-25)21-5-3-2-4-6-21/h2-11,16,24H,12-15,17-18H2,1H3,(H,27,30). The minimum atomic E-state index is -0.249. The number of nitrogens with zero attached hydrogens (tertiary/aromatic N) is 3. The van der Waals surface area contributed by atoms with E-state index in [9.17, 15) is 9.59 Å². The Morgan fingerprint density at radius 1 is 1.03 bits per heavy atom. The van der Waals surface area contributed by atoms with E-state index in [1.807, 2.05) is 71.8 Å². The topological polar surface area (TPSA) is 65.5 Å². The number of carbonyl (C=O) groups is 2. The minimum Gasteiger partial charge on any atom is -0.342 e. The lowest BCUT2D eigenvalue weighted by Gasteiger charge is -2.34. The van der Waals surface area contributed by atoms with Crippen molar-refractivity contribution >= 4 is 23.2 Å². The summed E-state index contributed by atoms with van der Waals surface area (Å²) in [6, 6.07) is 17.8. The Morgan fingerprint density at radius 2 is 1.75 bits per heavy atom. The molecule has 2 amide bonds. The van der Waals surface area contributed by atoms with E-state index in [1.165, 1.54) is 16.9 Å². The van der Waals surface area contributed by atoms with Crippen LogP contribution < -0.4 is 5.32 Å². The average molecular weight is 449 g/mol. The average Bonchev–Trinajstić information content (AvgIpc) is 3.35. The highest BCUT2D eigenvalue weighted by atomic mass is 32.1. The lowest BCUT2D eigenvalue weighted by Crippen LogP contribution is -2.51. The van der Waals surface area contributed by atoms with Gasteiger partial charge in [0, 0.05) is 37.8 Å². The molecule has 2 aromatic carbocycles. The summed E-state index contributed by atoms with van der Waals surface area (Å²) in [5.74, 6) is 0.111. The molecular weight excluding hydrogens is 420 g/mol. The number of piperazine rings is 1. The molecule has 3 aromatic rings. The third-order valence-corrected chi connectivity index (χ3v) is 6.55. The van der Waals surface area contributed by atoms with Gasteiger partial charge in [-0.25, -0.2) is 4.98 Å². The summed E-state index contributed by atoms with van der Waals surface area (Å²) in [6.45, 7) is 5.04. The molecule has 6 nitrogen and oxygen atoms in total. The Hall–Kier alpha value is -3.03. The first-order chi connectivity index (χ1) is 15.6. The normalized spacial score (nSPS) is 15.3. The van der Waals surface area contributed by atoms with Crippen LogP contribution in [0.2, 0.25) is 0 Å². The van der Waals surface area contributed by atoms with E-state index in [0.717, 1.165) is 16.1 Å². The van der Waals surface area contributed by atoms with Crippen molar-refractivity contribution in [3.8, 4) is 0 Å². The molecule has 0 aliphatic carbocycles. The number of carbonyl (C=O) groups excluding carboxylic acids is 2. The summed E-state index contributed by atoms with van der Waals surface area (Å²) < 4.78 is 0. The monoisotopic (exact) mass is 448 g/mol. The van der Waals surface area contributed by atoms with Gasteiger partial charge in [-0.1, -0.05) is 60.2 Å². The number of amides is 2. The largest absolute Gasteiger partial charge is 0.342 e. The summed E-state index contributed by atoms with van der Waals surface area (Å²) in [7, 11) is 0. The number of nitrogens with one attached hydrogen (secondary N) is 1. The van der Waals surface area contributed by atoms with Crippen LogP contribution >= 0.6 is 11.3 Å². The van der Waals surface area contributed by atoms with Crippen molar-refractivity contribution in [1.82, 2.24) is 20.1 Å². The zero-order valence-corrected chi connectivity index (χ0v) is 19.1. The highest BCUT2D eigenvalue weighted by molar-refractivity contribution is 7.09. The van der Waals surface area contributed by atoms with Crippen LogP contribution in [0, 0.1) is 6.92 Å². The third-order valence-electron chi connectivity index (χ3n) is 5.70. The van der Waals surface area contributed by atoms with Crippen molar-refractivity contribution < 1.29 is 9.59 Å². The molecule has 1 aromatic heterocycles. The van der Waals surface area contributed by atoms with E-state index >= 15 is 0 Å². The first kappa shape index (κ1) is 22.2. The molecule has 1 atom stereocenters. The Labute approximate surface area is 192 Å². The van der Waals surface area contributed by atoms with E-state index in [2.05, 4.69) is 15.2 Å². The zero-order chi connectivity index (χ0) is 22.3. The fraction of sp³-hybridized carbons (Fsp3) is 0.320. The molecule has 166 valence electrons. The fourth-order valence-corrected chi connectivity index (χ4v) is 4.58. The molecule has 1 N–H and O–H groups in total. The summed E-state index contributed by atoms with van der Waals surface area (Å²) >= 11 is 1.54. The Morgan fingerprint density at radius 3 is 2.41 bits per heavy atom. The summed E-state index contributed by atoms with van der Waals surface area (Å²) in [5, 5.41) is 5.93. The van der Waals surface area contributed by atoms with Gasteiger partial charge in [-0.3, -0.25) is 14.5 Å². The maximum absolute atomic E-state index is 12.8. The highest BCUT2D eigenvalue weighted by Gasteiger charge is 2.24. The lowest BCUT2D eigenvalue weighted by atomic mass is 10.1. The van der Waals surface area contributed by atoms with Crippen molar-refractivity contribution in [3.63, 3.8) is 0 Å². The van der Waals surface area contributed by atoms with Crippen molar-refractivity contribution in [2.24, 2.45) is 0 Å². The van der Waals surface area contributed by atoms with Crippen LogP contribution in [-0.4, -0.2) is 59.3 Å². The number of thiazole rings is 1. The smallest absolute Gasteiger partial charge is 0.235 e. The van der Waals surface area contributed by atoms with E-state index in [4.69, 9.17) is 0 Å². The van der Waals surface area contributed by atoms with Gasteiger partial charge < -0.3 is 10.2 Å².